The zero-order valence-electron chi connectivity index (χ0n) is 10.7. The molecule has 0 aromatic heterocycles. The van der Waals surface area contributed by atoms with Gasteiger partial charge in [-0.1, -0.05) is 24.3 Å². The molecule has 0 radical (unpaired) electrons. The summed E-state index contributed by atoms with van der Waals surface area (Å²) in [5, 5.41) is 10.1. The predicted octanol–water partition coefficient (Wildman–Crippen LogP) is 4.88. The third-order valence-corrected chi connectivity index (χ3v) is 3.89. The van der Waals surface area contributed by atoms with E-state index in [1.54, 1.807) is 6.07 Å². The predicted molar refractivity (Wildman–Crippen MR) is 74.2 cm³/mol. The summed E-state index contributed by atoms with van der Waals surface area (Å²) in [6, 6.07) is 8.80. The van der Waals surface area contributed by atoms with Crippen molar-refractivity contribution >= 4 is 15.9 Å². The van der Waals surface area contributed by atoms with Gasteiger partial charge in [-0.2, -0.15) is 13.2 Å². The summed E-state index contributed by atoms with van der Waals surface area (Å²) in [6.07, 6.45) is -5.30. The minimum atomic E-state index is -4.39. The van der Waals surface area contributed by atoms with Crippen molar-refractivity contribution in [1.29, 1.82) is 0 Å². The molecule has 0 heterocycles. The molecule has 0 saturated carbocycles. The molecule has 0 spiro atoms. The van der Waals surface area contributed by atoms with Gasteiger partial charge in [0.15, 0.2) is 0 Å². The van der Waals surface area contributed by atoms with Crippen molar-refractivity contribution in [2.45, 2.75) is 18.7 Å². The Hall–Kier alpha value is -1.40. The van der Waals surface area contributed by atoms with Crippen molar-refractivity contribution in [1.82, 2.24) is 0 Å². The third-order valence-electron chi connectivity index (χ3n) is 3.05. The van der Waals surface area contributed by atoms with Gasteiger partial charge in [-0.05, 0) is 45.3 Å². The van der Waals surface area contributed by atoms with Crippen molar-refractivity contribution in [3.8, 4) is 0 Å². The van der Waals surface area contributed by atoms with Crippen molar-refractivity contribution in [3.63, 3.8) is 0 Å². The summed E-state index contributed by atoms with van der Waals surface area (Å²) in [4.78, 5) is 0. The molecule has 0 aliphatic rings. The highest BCUT2D eigenvalue weighted by atomic mass is 79.9. The van der Waals surface area contributed by atoms with Gasteiger partial charge in [0, 0.05) is 6.42 Å². The van der Waals surface area contributed by atoms with Gasteiger partial charge < -0.3 is 5.11 Å². The van der Waals surface area contributed by atoms with Crippen molar-refractivity contribution in [2.75, 3.05) is 0 Å². The normalized spacial score (nSPS) is 13.2. The first-order chi connectivity index (χ1) is 9.79. The lowest BCUT2D eigenvalue weighted by molar-refractivity contribution is -0.137. The van der Waals surface area contributed by atoms with E-state index in [1.165, 1.54) is 24.3 Å². The van der Waals surface area contributed by atoms with Gasteiger partial charge in [0.05, 0.1) is 16.1 Å². The Labute approximate surface area is 127 Å². The topological polar surface area (TPSA) is 20.2 Å². The van der Waals surface area contributed by atoms with Crippen LogP contribution < -0.4 is 0 Å². The van der Waals surface area contributed by atoms with Gasteiger partial charge in [0.25, 0.3) is 0 Å². The summed E-state index contributed by atoms with van der Waals surface area (Å²) in [5.74, 6) is -0.501. The van der Waals surface area contributed by atoms with Crippen LogP contribution in [0.15, 0.2) is 46.9 Å². The number of aliphatic hydroxyl groups is 1. The van der Waals surface area contributed by atoms with Crippen LogP contribution in [0.5, 0.6) is 0 Å². The van der Waals surface area contributed by atoms with E-state index >= 15 is 0 Å². The second-order valence-corrected chi connectivity index (χ2v) is 5.35. The summed E-state index contributed by atoms with van der Waals surface area (Å²) in [7, 11) is 0. The molecule has 1 nitrogen and oxygen atoms in total. The van der Waals surface area contributed by atoms with Crippen LogP contribution in [0.2, 0.25) is 0 Å². The van der Waals surface area contributed by atoms with Gasteiger partial charge in [-0.15, -0.1) is 0 Å². The largest absolute Gasteiger partial charge is 0.416 e. The summed E-state index contributed by atoms with van der Waals surface area (Å²) >= 11 is 3.05. The highest BCUT2D eigenvalue weighted by Crippen LogP contribution is 2.31. The van der Waals surface area contributed by atoms with Crippen LogP contribution in [0.3, 0.4) is 0 Å². The van der Waals surface area contributed by atoms with Gasteiger partial charge in [-0.3, -0.25) is 0 Å². The average Bonchev–Trinajstić information content (AvgIpc) is 2.41. The molecule has 112 valence electrons. The van der Waals surface area contributed by atoms with Crippen LogP contribution in [-0.2, 0) is 12.6 Å². The second-order valence-electron chi connectivity index (χ2n) is 4.56. The fraction of sp³-hybridized carbons (Fsp3) is 0.200. The van der Waals surface area contributed by atoms with Gasteiger partial charge >= 0.3 is 6.18 Å². The molecule has 1 atom stereocenters. The first kappa shape index (κ1) is 16.0. The molecule has 2 rings (SSSR count). The third kappa shape index (κ3) is 3.83. The monoisotopic (exact) mass is 362 g/mol. The lowest BCUT2D eigenvalue weighted by Crippen LogP contribution is -2.06. The molecule has 1 N–H and O–H groups in total. The number of halogens is 5. The molecule has 0 aliphatic heterocycles. The highest BCUT2D eigenvalue weighted by molar-refractivity contribution is 9.10. The molecule has 0 bridgehead atoms. The fourth-order valence-electron chi connectivity index (χ4n) is 1.94. The SMILES string of the molecule is OC(Cc1ccc(C(F)(F)F)cc1)c1cccc(F)c1Br. The molecule has 2 aromatic rings. The Bertz CT molecular complexity index is 623. The molecular weight excluding hydrogens is 352 g/mol. The van der Waals surface area contributed by atoms with E-state index in [-0.39, 0.29) is 10.9 Å². The molecule has 2 aromatic carbocycles. The maximum absolute atomic E-state index is 13.4. The highest BCUT2D eigenvalue weighted by Gasteiger charge is 2.30. The first-order valence-electron chi connectivity index (χ1n) is 6.07. The van der Waals surface area contributed by atoms with Crippen molar-refractivity contribution in [2.24, 2.45) is 0 Å². The number of rotatable bonds is 3. The Morgan fingerprint density at radius 1 is 1.05 bits per heavy atom. The van der Waals surface area contributed by atoms with Gasteiger partial charge in [0.1, 0.15) is 5.82 Å². The molecule has 0 amide bonds. The Balaban J connectivity index is 2.16. The zero-order valence-corrected chi connectivity index (χ0v) is 12.2. The summed E-state index contributed by atoms with van der Waals surface area (Å²) in [6.45, 7) is 0. The van der Waals surface area contributed by atoms with E-state index in [2.05, 4.69) is 15.9 Å². The Morgan fingerprint density at radius 2 is 1.67 bits per heavy atom. The van der Waals surface area contributed by atoms with Crippen LogP contribution in [0.1, 0.15) is 22.8 Å². The standard InChI is InChI=1S/C15H11BrF4O/c16-14-11(2-1-3-12(14)17)13(21)8-9-4-6-10(7-5-9)15(18,19)20/h1-7,13,21H,8H2. The van der Waals surface area contributed by atoms with Crippen LogP contribution in [0, 0.1) is 5.82 Å². The van der Waals surface area contributed by atoms with E-state index in [4.69, 9.17) is 0 Å². The molecule has 1 unspecified atom stereocenters. The number of alkyl halides is 3. The van der Waals surface area contributed by atoms with Crippen molar-refractivity contribution < 1.29 is 22.7 Å². The fourth-order valence-corrected chi connectivity index (χ4v) is 2.47. The average molecular weight is 363 g/mol. The van der Waals surface area contributed by atoms with Crippen LogP contribution in [-0.4, -0.2) is 5.11 Å². The number of benzene rings is 2. The number of aliphatic hydroxyl groups excluding tert-OH is 1. The van der Waals surface area contributed by atoms with E-state index in [0.717, 1.165) is 12.1 Å². The maximum atomic E-state index is 13.4. The smallest absolute Gasteiger partial charge is 0.388 e. The minimum absolute atomic E-state index is 0.0974. The molecule has 0 fully saturated rings. The quantitative estimate of drug-likeness (QED) is 0.771. The number of hydrogen-bond acceptors (Lipinski definition) is 1. The van der Waals surface area contributed by atoms with E-state index < -0.39 is 23.7 Å². The molecule has 6 heteroatoms. The lowest BCUT2D eigenvalue weighted by atomic mass is 10.0. The molecule has 0 aliphatic carbocycles. The van der Waals surface area contributed by atoms with E-state index in [1.807, 2.05) is 0 Å². The number of hydrogen-bond donors (Lipinski definition) is 1. The maximum Gasteiger partial charge on any atom is 0.416 e. The zero-order chi connectivity index (χ0) is 15.6. The van der Waals surface area contributed by atoms with Gasteiger partial charge in [0.2, 0.25) is 0 Å². The Morgan fingerprint density at radius 3 is 2.24 bits per heavy atom. The first-order valence-corrected chi connectivity index (χ1v) is 6.86. The van der Waals surface area contributed by atoms with E-state index in [0.29, 0.717) is 11.1 Å². The van der Waals surface area contributed by atoms with Gasteiger partial charge in [-0.25, -0.2) is 4.39 Å². The summed E-state index contributed by atoms with van der Waals surface area (Å²) in [5.41, 5.74) is 0.147. The van der Waals surface area contributed by atoms with E-state index in [9.17, 15) is 22.7 Å². The molecule has 0 saturated heterocycles. The molecule has 21 heavy (non-hydrogen) atoms. The van der Waals surface area contributed by atoms with Crippen LogP contribution >= 0.6 is 15.9 Å². The van der Waals surface area contributed by atoms with Crippen LogP contribution in [0.25, 0.3) is 0 Å². The molecular formula is C15H11BrF4O. The minimum Gasteiger partial charge on any atom is -0.388 e. The second kappa shape index (κ2) is 6.15. The van der Waals surface area contributed by atoms with Crippen molar-refractivity contribution in [3.05, 3.63) is 69.4 Å². The van der Waals surface area contributed by atoms with Crippen LogP contribution in [0.4, 0.5) is 17.6 Å². The lowest BCUT2D eigenvalue weighted by Gasteiger charge is -2.14. The summed E-state index contributed by atoms with van der Waals surface area (Å²) < 4.78 is 50.9. The Kier molecular flexibility index (Phi) is 4.68.